The van der Waals surface area contributed by atoms with E-state index in [-0.39, 0.29) is 23.0 Å². The smallest absolute Gasteiger partial charge is 0.410 e. The van der Waals surface area contributed by atoms with Crippen LogP contribution in [0, 0.1) is 11.3 Å². The number of ether oxygens (including phenoxy) is 2. The van der Waals surface area contributed by atoms with Crippen molar-refractivity contribution in [2.24, 2.45) is 0 Å². The molecule has 0 aromatic carbocycles. The standard InChI is InChI=1S/C20H25ClN6O4/c1-19(2,3)30-17(28)26-10-20(11-26)12-27(18(29)31-20)13-5-4-6-25(9-13)15-8-23-14(7-22)16(21)24-15/h8,13H,4-6,9-12H2,1-3H3. The van der Waals surface area contributed by atoms with Gasteiger partial charge in [-0.1, -0.05) is 11.6 Å². The molecule has 0 radical (unpaired) electrons. The average molecular weight is 449 g/mol. The van der Waals surface area contributed by atoms with Crippen LogP contribution >= 0.6 is 11.6 Å². The number of carbonyl (C=O) groups is 2. The first-order chi connectivity index (χ1) is 14.6. The fourth-order valence-electron chi connectivity index (χ4n) is 4.20. The van der Waals surface area contributed by atoms with E-state index in [4.69, 9.17) is 26.3 Å². The van der Waals surface area contributed by atoms with Crippen molar-refractivity contribution in [2.75, 3.05) is 37.6 Å². The Morgan fingerprint density at radius 1 is 1.39 bits per heavy atom. The molecule has 1 aromatic rings. The lowest BCUT2D eigenvalue weighted by atomic mass is 9.93. The molecule has 1 unspecified atom stereocenters. The zero-order chi connectivity index (χ0) is 22.4. The zero-order valence-corrected chi connectivity index (χ0v) is 18.6. The summed E-state index contributed by atoms with van der Waals surface area (Å²) in [5.74, 6) is 0.579. The fourth-order valence-corrected chi connectivity index (χ4v) is 4.38. The Balaban J connectivity index is 1.38. The molecule has 1 spiro atoms. The van der Waals surface area contributed by atoms with Crippen LogP contribution in [0.1, 0.15) is 39.3 Å². The number of anilines is 1. The third-order valence-electron chi connectivity index (χ3n) is 5.59. The summed E-state index contributed by atoms with van der Waals surface area (Å²) >= 11 is 6.03. The predicted molar refractivity (Wildman–Crippen MR) is 111 cm³/mol. The van der Waals surface area contributed by atoms with Crippen LogP contribution in [0.4, 0.5) is 15.4 Å². The minimum Gasteiger partial charge on any atom is -0.444 e. The SMILES string of the molecule is CC(C)(C)OC(=O)N1CC2(C1)CN(C1CCCN(c3cnc(C#N)c(Cl)n3)C1)C(=O)O2. The van der Waals surface area contributed by atoms with Gasteiger partial charge >= 0.3 is 12.2 Å². The number of piperidine rings is 1. The summed E-state index contributed by atoms with van der Waals surface area (Å²) in [7, 11) is 0. The van der Waals surface area contributed by atoms with Crippen molar-refractivity contribution in [2.45, 2.75) is 50.9 Å². The molecule has 11 heteroatoms. The van der Waals surface area contributed by atoms with E-state index in [9.17, 15) is 9.59 Å². The van der Waals surface area contributed by atoms with Gasteiger partial charge in [-0.25, -0.2) is 19.6 Å². The molecule has 4 rings (SSSR count). The van der Waals surface area contributed by atoms with Gasteiger partial charge in [0, 0.05) is 13.1 Å². The Hall–Kier alpha value is -2.80. The van der Waals surface area contributed by atoms with Crippen LogP contribution in [0.5, 0.6) is 0 Å². The van der Waals surface area contributed by atoms with Crippen molar-refractivity contribution in [1.29, 1.82) is 5.26 Å². The Kier molecular flexibility index (Phi) is 5.33. The molecule has 0 N–H and O–H groups in total. The molecular weight excluding hydrogens is 424 g/mol. The van der Waals surface area contributed by atoms with E-state index in [1.807, 2.05) is 31.7 Å². The molecule has 0 saturated carbocycles. The van der Waals surface area contributed by atoms with Gasteiger partial charge in [-0.3, -0.25) is 9.80 Å². The van der Waals surface area contributed by atoms with Crippen LogP contribution in [-0.4, -0.2) is 81.9 Å². The normalized spacial score (nSPS) is 22.7. The summed E-state index contributed by atoms with van der Waals surface area (Å²) in [5, 5.41) is 9.05. The molecule has 1 aromatic heterocycles. The molecule has 166 valence electrons. The van der Waals surface area contributed by atoms with Gasteiger partial charge in [0.15, 0.2) is 16.4 Å². The Morgan fingerprint density at radius 2 is 2.13 bits per heavy atom. The summed E-state index contributed by atoms with van der Waals surface area (Å²) in [6, 6.07) is 1.85. The van der Waals surface area contributed by atoms with E-state index in [1.54, 1.807) is 9.80 Å². The first-order valence-corrected chi connectivity index (χ1v) is 10.6. The predicted octanol–water partition coefficient (Wildman–Crippen LogP) is 2.41. The molecule has 2 amide bonds. The lowest BCUT2D eigenvalue weighted by Gasteiger charge is -2.45. The van der Waals surface area contributed by atoms with Crippen molar-refractivity contribution < 1.29 is 19.1 Å². The van der Waals surface area contributed by atoms with Gasteiger partial charge in [0.25, 0.3) is 0 Å². The topological polar surface area (TPSA) is 112 Å². The first kappa shape index (κ1) is 21.4. The van der Waals surface area contributed by atoms with E-state index in [2.05, 4.69) is 9.97 Å². The molecule has 3 fully saturated rings. The largest absolute Gasteiger partial charge is 0.444 e. The minimum absolute atomic E-state index is 0.0487. The van der Waals surface area contributed by atoms with Crippen molar-refractivity contribution in [3.8, 4) is 6.07 Å². The van der Waals surface area contributed by atoms with Gasteiger partial charge in [0.2, 0.25) is 0 Å². The molecule has 4 heterocycles. The highest BCUT2D eigenvalue weighted by Gasteiger charge is 2.57. The highest BCUT2D eigenvalue weighted by molar-refractivity contribution is 6.30. The van der Waals surface area contributed by atoms with Crippen molar-refractivity contribution >= 4 is 29.6 Å². The maximum atomic E-state index is 12.6. The number of nitrogens with zero attached hydrogens (tertiary/aromatic N) is 6. The fraction of sp³-hybridized carbons (Fsp3) is 0.650. The molecule has 1 atom stereocenters. The van der Waals surface area contributed by atoms with Crippen LogP contribution in [0.2, 0.25) is 5.15 Å². The summed E-state index contributed by atoms with van der Waals surface area (Å²) in [5.41, 5.74) is -1.15. The van der Waals surface area contributed by atoms with E-state index in [0.29, 0.717) is 32.0 Å². The molecule has 0 bridgehead atoms. The Bertz CT molecular complexity index is 937. The van der Waals surface area contributed by atoms with Crippen LogP contribution in [0.25, 0.3) is 0 Å². The third kappa shape index (κ3) is 4.32. The quantitative estimate of drug-likeness (QED) is 0.677. The summed E-state index contributed by atoms with van der Waals surface area (Å²) in [4.78, 5) is 38.5. The number of hydrogen-bond acceptors (Lipinski definition) is 8. The monoisotopic (exact) mass is 448 g/mol. The van der Waals surface area contributed by atoms with Crippen LogP contribution in [0.3, 0.4) is 0 Å². The number of amides is 2. The maximum absolute atomic E-state index is 12.6. The Morgan fingerprint density at radius 3 is 2.77 bits per heavy atom. The number of likely N-dealkylation sites (tertiary alicyclic amines) is 1. The average Bonchev–Trinajstić information content (AvgIpc) is 3.03. The molecular formula is C20H25ClN6O4. The van der Waals surface area contributed by atoms with Gasteiger partial charge in [0.1, 0.15) is 17.5 Å². The van der Waals surface area contributed by atoms with Gasteiger partial charge in [-0.05, 0) is 33.6 Å². The highest BCUT2D eigenvalue weighted by Crippen LogP contribution is 2.36. The van der Waals surface area contributed by atoms with Gasteiger partial charge in [0.05, 0.1) is 31.9 Å². The van der Waals surface area contributed by atoms with Crippen LogP contribution in [-0.2, 0) is 9.47 Å². The molecule has 3 saturated heterocycles. The molecule has 3 aliphatic rings. The summed E-state index contributed by atoms with van der Waals surface area (Å²) in [6.45, 7) is 7.87. The second kappa shape index (κ2) is 7.71. The maximum Gasteiger partial charge on any atom is 0.410 e. The second-order valence-electron chi connectivity index (χ2n) is 9.24. The second-order valence-corrected chi connectivity index (χ2v) is 9.59. The first-order valence-electron chi connectivity index (χ1n) is 10.2. The summed E-state index contributed by atoms with van der Waals surface area (Å²) in [6.07, 6.45) is 2.48. The van der Waals surface area contributed by atoms with E-state index >= 15 is 0 Å². The number of halogens is 1. The minimum atomic E-state index is -0.673. The highest BCUT2D eigenvalue weighted by atomic mass is 35.5. The van der Waals surface area contributed by atoms with Crippen LogP contribution in [0.15, 0.2) is 6.20 Å². The molecule has 10 nitrogen and oxygen atoms in total. The Labute approximate surface area is 185 Å². The van der Waals surface area contributed by atoms with Gasteiger partial charge < -0.3 is 14.4 Å². The van der Waals surface area contributed by atoms with Crippen molar-refractivity contribution in [1.82, 2.24) is 19.8 Å². The van der Waals surface area contributed by atoms with Crippen LogP contribution < -0.4 is 4.90 Å². The molecule has 3 aliphatic heterocycles. The number of hydrogen-bond donors (Lipinski definition) is 0. The zero-order valence-electron chi connectivity index (χ0n) is 17.8. The van der Waals surface area contributed by atoms with E-state index < -0.39 is 17.3 Å². The van der Waals surface area contributed by atoms with Crippen molar-refractivity contribution in [3.05, 3.63) is 17.0 Å². The van der Waals surface area contributed by atoms with Gasteiger partial charge in [-0.2, -0.15) is 5.26 Å². The summed E-state index contributed by atoms with van der Waals surface area (Å²) < 4.78 is 11.1. The number of carbonyl (C=O) groups excluding carboxylic acids is 2. The third-order valence-corrected chi connectivity index (χ3v) is 5.85. The van der Waals surface area contributed by atoms with E-state index in [1.165, 1.54) is 6.20 Å². The molecule has 31 heavy (non-hydrogen) atoms. The van der Waals surface area contributed by atoms with E-state index in [0.717, 1.165) is 19.4 Å². The number of rotatable bonds is 2. The van der Waals surface area contributed by atoms with Gasteiger partial charge in [-0.15, -0.1) is 0 Å². The number of nitriles is 1. The lowest BCUT2D eigenvalue weighted by Crippen LogP contribution is -2.66. The molecule has 0 aliphatic carbocycles. The lowest BCUT2D eigenvalue weighted by molar-refractivity contribution is -0.0789. The number of aromatic nitrogens is 2. The van der Waals surface area contributed by atoms with Crippen molar-refractivity contribution in [3.63, 3.8) is 0 Å².